The molecule has 0 aromatic heterocycles. The van der Waals surface area contributed by atoms with Crippen LogP contribution in [0.1, 0.15) is 32.8 Å². The van der Waals surface area contributed by atoms with Crippen molar-refractivity contribution in [2.24, 2.45) is 11.8 Å². The van der Waals surface area contributed by atoms with Crippen LogP contribution in [0.25, 0.3) is 0 Å². The molecule has 0 saturated carbocycles. The Balaban J connectivity index is 1.59. The summed E-state index contributed by atoms with van der Waals surface area (Å²) in [5.74, 6) is 0.200. The fourth-order valence-electron chi connectivity index (χ4n) is 4.11. The summed E-state index contributed by atoms with van der Waals surface area (Å²) in [6.45, 7) is 15.0. The quantitative estimate of drug-likeness (QED) is 0.816. The maximum absolute atomic E-state index is 12.7. The largest absolute Gasteiger partial charge is 0.369 e. The molecule has 6 nitrogen and oxygen atoms in total. The summed E-state index contributed by atoms with van der Waals surface area (Å²) in [5, 5.41) is 3.05. The third-order valence-electron chi connectivity index (χ3n) is 5.82. The van der Waals surface area contributed by atoms with Crippen molar-refractivity contribution >= 4 is 23.2 Å². The van der Waals surface area contributed by atoms with E-state index in [2.05, 4.69) is 48.0 Å². The number of likely N-dealkylation sites (tertiary alicyclic amines) is 1. The van der Waals surface area contributed by atoms with Gasteiger partial charge in [-0.2, -0.15) is 0 Å². The lowest BCUT2D eigenvalue weighted by Gasteiger charge is -2.35. The molecule has 0 spiro atoms. The molecule has 2 fully saturated rings. The molecule has 2 aliphatic heterocycles. The highest BCUT2D eigenvalue weighted by molar-refractivity contribution is 5.97. The number of rotatable bonds is 6. The molecule has 1 unspecified atom stereocenters. The Morgan fingerprint density at radius 2 is 1.93 bits per heavy atom. The van der Waals surface area contributed by atoms with Gasteiger partial charge in [-0.15, -0.1) is 0 Å². The second-order valence-corrected chi connectivity index (χ2v) is 8.50. The highest BCUT2D eigenvalue weighted by Gasteiger charge is 2.34. The van der Waals surface area contributed by atoms with Crippen LogP contribution in [0.5, 0.6) is 0 Å². The standard InChI is InChI=1S/C22H34N4O2/c1-5-24-8-10-25(11-9-24)19-6-7-20(17(4)12-19)23-22(28)18-13-21(27)26(15-18)14-16(2)3/h6-7,12,16,18H,5,8-11,13-15H2,1-4H3,(H,23,28). The number of likely N-dealkylation sites (N-methyl/N-ethyl adjacent to an activating group) is 1. The van der Waals surface area contributed by atoms with Gasteiger partial charge in [-0.1, -0.05) is 20.8 Å². The molecular formula is C22H34N4O2. The zero-order valence-electron chi connectivity index (χ0n) is 17.7. The van der Waals surface area contributed by atoms with Crippen LogP contribution >= 0.6 is 0 Å². The highest BCUT2D eigenvalue weighted by Crippen LogP contribution is 2.26. The van der Waals surface area contributed by atoms with Crippen molar-refractivity contribution in [2.75, 3.05) is 56.0 Å². The lowest BCUT2D eigenvalue weighted by molar-refractivity contribution is -0.128. The predicted molar refractivity (Wildman–Crippen MR) is 114 cm³/mol. The van der Waals surface area contributed by atoms with Gasteiger partial charge in [0.25, 0.3) is 0 Å². The van der Waals surface area contributed by atoms with E-state index in [1.54, 1.807) is 0 Å². The van der Waals surface area contributed by atoms with Gasteiger partial charge in [0.2, 0.25) is 11.8 Å². The van der Waals surface area contributed by atoms with Crippen LogP contribution in [0, 0.1) is 18.8 Å². The van der Waals surface area contributed by atoms with E-state index in [1.807, 2.05) is 17.9 Å². The van der Waals surface area contributed by atoms with Gasteiger partial charge >= 0.3 is 0 Å². The molecule has 2 aliphatic rings. The fourth-order valence-corrected chi connectivity index (χ4v) is 4.11. The molecule has 1 atom stereocenters. The minimum atomic E-state index is -0.257. The molecule has 154 valence electrons. The van der Waals surface area contributed by atoms with E-state index in [0.717, 1.165) is 50.5 Å². The molecule has 2 heterocycles. The van der Waals surface area contributed by atoms with Gasteiger partial charge < -0.3 is 20.0 Å². The lowest BCUT2D eigenvalue weighted by atomic mass is 10.1. The van der Waals surface area contributed by atoms with Gasteiger partial charge in [0, 0.05) is 57.1 Å². The number of nitrogens with one attached hydrogen (secondary N) is 1. The van der Waals surface area contributed by atoms with Crippen molar-refractivity contribution in [1.29, 1.82) is 0 Å². The van der Waals surface area contributed by atoms with E-state index < -0.39 is 0 Å². The number of anilines is 2. The average Bonchev–Trinajstić information content (AvgIpc) is 3.03. The zero-order chi connectivity index (χ0) is 20.3. The van der Waals surface area contributed by atoms with E-state index in [1.165, 1.54) is 5.69 Å². The van der Waals surface area contributed by atoms with Crippen LogP contribution in [0.2, 0.25) is 0 Å². The molecule has 1 aromatic rings. The van der Waals surface area contributed by atoms with Crippen molar-refractivity contribution in [2.45, 2.75) is 34.1 Å². The number of aryl methyl sites for hydroxylation is 1. The summed E-state index contributed by atoms with van der Waals surface area (Å²) in [5.41, 5.74) is 3.12. The van der Waals surface area contributed by atoms with Crippen molar-refractivity contribution in [3.63, 3.8) is 0 Å². The third-order valence-corrected chi connectivity index (χ3v) is 5.82. The van der Waals surface area contributed by atoms with E-state index in [4.69, 9.17) is 0 Å². The highest BCUT2D eigenvalue weighted by atomic mass is 16.2. The Labute approximate surface area is 168 Å². The van der Waals surface area contributed by atoms with Crippen molar-refractivity contribution in [1.82, 2.24) is 9.80 Å². The van der Waals surface area contributed by atoms with E-state index in [9.17, 15) is 9.59 Å². The van der Waals surface area contributed by atoms with Gasteiger partial charge in [-0.25, -0.2) is 0 Å². The number of nitrogens with zero attached hydrogens (tertiary/aromatic N) is 3. The molecule has 1 N–H and O–H groups in total. The zero-order valence-corrected chi connectivity index (χ0v) is 17.7. The third kappa shape index (κ3) is 4.85. The van der Waals surface area contributed by atoms with Gasteiger partial charge in [0.05, 0.1) is 5.92 Å². The molecular weight excluding hydrogens is 352 g/mol. The molecule has 0 bridgehead atoms. The summed E-state index contributed by atoms with van der Waals surface area (Å²) in [4.78, 5) is 31.5. The van der Waals surface area contributed by atoms with Crippen LogP contribution in [-0.2, 0) is 9.59 Å². The monoisotopic (exact) mass is 386 g/mol. The first-order chi connectivity index (χ1) is 13.4. The first-order valence-corrected chi connectivity index (χ1v) is 10.5. The lowest BCUT2D eigenvalue weighted by Crippen LogP contribution is -2.46. The molecule has 2 amide bonds. The van der Waals surface area contributed by atoms with E-state index in [0.29, 0.717) is 18.9 Å². The molecule has 3 rings (SSSR count). The molecule has 2 saturated heterocycles. The first-order valence-electron chi connectivity index (χ1n) is 10.5. The van der Waals surface area contributed by atoms with Crippen molar-refractivity contribution in [3.8, 4) is 0 Å². The van der Waals surface area contributed by atoms with E-state index in [-0.39, 0.29) is 17.7 Å². The van der Waals surface area contributed by atoms with Gasteiger partial charge in [0.15, 0.2) is 0 Å². The summed E-state index contributed by atoms with van der Waals surface area (Å²) >= 11 is 0. The number of carbonyl (C=O) groups is 2. The van der Waals surface area contributed by atoms with Gasteiger partial charge in [-0.05, 0) is 43.1 Å². The normalized spacial score (nSPS) is 20.9. The topological polar surface area (TPSA) is 55.9 Å². The molecule has 28 heavy (non-hydrogen) atoms. The molecule has 1 aromatic carbocycles. The Kier molecular flexibility index (Phi) is 6.60. The number of hydrogen-bond donors (Lipinski definition) is 1. The number of hydrogen-bond acceptors (Lipinski definition) is 4. The van der Waals surface area contributed by atoms with Crippen molar-refractivity contribution < 1.29 is 9.59 Å². The first kappa shape index (κ1) is 20.6. The Hall–Kier alpha value is -2.08. The number of benzene rings is 1. The smallest absolute Gasteiger partial charge is 0.229 e. The van der Waals surface area contributed by atoms with Crippen LogP contribution < -0.4 is 10.2 Å². The summed E-state index contributed by atoms with van der Waals surface area (Å²) in [6, 6.07) is 6.24. The number of piperazine rings is 1. The van der Waals surface area contributed by atoms with Gasteiger partial charge in [0.1, 0.15) is 0 Å². The van der Waals surface area contributed by atoms with Crippen molar-refractivity contribution in [3.05, 3.63) is 23.8 Å². The number of amides is 2. The van der Waals surface area contributed by atoms with Gasteiger partial charge in [-0.3, -0.25) is 9.59 Å². The maximum Gasteiger partial charge on any atom is 0.229 e. The molecule has 0 radical (unpaired) electrons. The predicted octanol–water partition coefficient (Wildman–Crippen LogP) is 2.58. The second kappa shape index (κ2) is 8.95. The molecule has 0 aliphatic carbocycles. The van der Waals surface area contributed by atoms with E-state index >= 15 is 0 Å². The number of carbonyl (C=O) groups excluding carboxylic acids is 2. The Morgan fingerprint density at radius 3 is 2.54 bits per heavy atom. The molecule has 6 heteroatoms. The summed E-state index contributed by atoms with van der Waals surface area (Å²) in [7, 11) is 0. The summed E-state index contributed by atoms with van der Waals surface area (Å²) < 4.78 is 0. The maximum atomic E-state index is 12.7. The van der Waals surface area contributed by atoms with Crippen LogP contribution in [-0.4, -0.2) is 67.4 Å². The fraction of sp³-hybridized carbons (Fsp3) is 0.636. The van der Waals surface area contributed by atoms with Crippen LogP contribution in [0.4, 0.5) is 11.4 Å². The average molecular weight is 387 g/mol. The van der Waals surface area contributed by atoms with Crippen LogP contribution in [0.3, 0.4) is 0 Å². The minimum absolute atomic E-state index is 0.0491. The Bertz CT molecular complexity index is 710. The second-order valence-electron chi connectivity index (χ2n) is 8.50. The summed E-state index contributed by atoms with van der Waals surface area (Å²) in [6.07, 6.45) is 0.317. The Morgan fingerprint density at radius 1 is 1.21 bits per heavy atom. The minimum Gasteiger partial charge on any atom is -0.369 e. The van der Waals surface area contributed by atoms with Crippen LogP contribution in [0.15, 0.2) is 18.2 Å². The SMILES string of the molecule is CCN1CCN(c2ccc(NC(=O)C3CC(=O)N(CC(C)C)C3)c(C)c2)CC1.